The quantitative estimate of drug-likeness (QED) is 0.456. The van der Waals surface area contributed by atoms with E-state index in [0.717, 1.165) is 12.8 Å². The molecular formula is C11H13N3O3. The van der Waals surface area contributed by atoms with Crippen molar-refractivity contribution in [2.24, 2.45) is 5.10 Å². The molecule has 1 aliphatic rings. The van der Waals surface area contributed by atoms with E-state index in [9.17, 15) is 9.59 Å². The lowest BCUT2D eigenvalue weighted by atomic mass is 10.4. The molecule has 0 atom stereocenters. The van der Waals surface area contributed by atoms with E-state index < -0.39 is 11.8 Å². The average Bonchev–Trinajstić information content (AvgIpc) is 3.00. The highest BCUT2D eigenvalue weighted by Gasteiger charge is 2.23. The Morgan fingerprint density at radius 1 is 1.41 bits per heavy atom. The van der Waals surface area contributed by atoms with E-state index >= 15 is 0 Å². The molecule has 1 N–H and O–H groups in total. The molecule has 2 heterocycles. The first-order chi connectivity index (χ1) is 8.27. The molecule has 1 fully saturated rings. The lowest BCUT2D eigenvalue weighted by molar-refractivity contribution is -0.145. The van der Waals surface area contributed by atoms with Crippen molar-refractivity contribution in [1.29, 1.82) is 0 Å². The van der Waals surface area contributed by atoms with Gasteiger partial charge >= 0.3 is 11.8 Å². The van der Waals surface area contributed by atoms with Crippen LogP contribution in [0.5, 0.6) is 0 Å². The molecule has 0 aliphatic carbocycles. The Morgan fingerprint density at radius 2 is 2.18 bits per heavy atom. The highest BCUT2D eigenvalue weighted by atomic mass is 16.3. The third-order valence-corrected chi connectivity index (χ3v) is 2.49. The standard InChI is InChI=1S/C11H13N3O3/c15-10(11(16)14-5-1-2-6-14)13-12-8-9-4-3-7-17-9/h3-4,7-8H,1-2,5-6H2,(H,13,15)/b12-8-. The van der Waals surface area contributed by atoms with Crippen LogP contribution < -0.4 is 5.43 Å². The van der Waals surface area contributed by atoms with Gasteiger partial charge < -0.3 is 9.32 Å². The van der Waals surface area contributed by atoms with Crippen LogP contribution in [0.4, 0.5) is 0 Å². The van der Waals surface area contributed by atoms with Crippen LogP contribution in [0, 0.1) is 0 Å². The van der Waals surface area contributed by atoms with E-state index in [4.69, 9.17) is 4.42 Å². The molecule has 0 bridgehead atoms. The highest BCUT2D eigenvalue weighted by molar-refractivity contribution is 6.35. The largest absolute Gasteiger partial charge is 0.463 e. The van der Waals surface area contributed by atoms with Gasteiger partial charge in [-0.05, 0) is 25.0 Å². The van der Waals surface area contributed by atoms with Crippen molar-refractivity contribution in [1.82, 2.24) is 10.3 Å². The normalized spacial score (nSPS) is 15.4. The van der Waals surface area contributed by atoms with Gasteiger partial charge in [-0.3, -0.25) is 9.59 Å². The predicted molar refractivity (Wildman–Crippen MR) is 60.3 cm³/mol. The van der Waals surface area contributed by atoms with Gasteiger partial charge in [-0.1, -0.05) is 0 Å². The second kappa shape index (κ2) is 5.29. The third-order valence-electron chi connectivity index (χ3n) is 2.49. The van der Waals surface area contributed by atoms with Gasteiger partial charge in [0.2, 0.25) is 0 Å². The first kappa shape index (κ1) is 11.4. The molecule has 0 spiro atoms. The zero-order valence-electron chi connectivity index (χ0n) is 9.26. The summed E-state index contributed by atoms with van der Waals surface area (Å²) in [6, 6.07) is 3.40. The van der Waals surface area contributed by atoms with E-state index in [1.807, 2.05) is 0 Å². The zero-order valence-corrected chi connectivity index (χ0v) is 9.26. The maximum absolute atomic E-state index is 11.6. The monoisotopic (exact) mass is 235 g/mol. The third kappa shape index (κ3) is 2.93. The molecule has 2 amide bonds. The molecule has 1 saturated heterocycles. The molecule has 17 heavy (non-hydrogen) atoms. The van der Waals surface area contributed by atoms with Crippen LogP contribution in [-0.4, -0.2) is 36.0 Å². The van der Waals surface area contributed by atoms with Gasteiger partial charge in [0.1, 0.15) is 5.76 Å². The lowest BCUT2D eigenvalue weighted by Crippen LogP contribution is -2.39. The first-order valence-corrected chi connectivity index (χ1v) is 5.43. The summed E-state index contributed by atoms with van der Waals surface area (Å²) in [7, 11) is 0. The van der Waals surface area contributed by atoms with Crippen LogP contribution >= 0.6 is 0 Å². The maximum atomic E-state index is 11.6. The number of nitrogens with one attached hydrogen (secondary N) is 1. The van der Waals surface area contributed by atoms with Crippen LogP contribution in [0.25, 0.3) is 0 Å². The molecule has 0 radical (unpaired) electrons. The van der Waals surface area contributed by atoms with Crippen molar-refractivity contribution in [2.45, 2.75) is 12.8 Å². The van der Waals surface area contributed by atoms with Crippen molar-refractivity contribution in [3.63, 3.8) is 0 Å². The SMILES string of the molecule is O=C(N/N=C\c1ccco1)C(=O)N1CCCC1. The van der Waals surface area contributed by atoms with Crippen LogP contribution in [0.15, 0.2) is 27.9 Å². The number of carbonyl (C=O) groups excluding carboxylic acids is 2. The molecule has 6 nitrogen and oxygen atoms in total. The molecule has 2 rings (SSSR count). The summed E-state index contributed by atoms with van der Waals surface area (Å²) in [6.45, 7) is 1.29. The summed E-state index contributed by atoms with van der Waals surface area (Å²) in [4.78, 5) is 24.5. The number of likely N-dealkylation sites (tertiary alicyclic amines) is 1. The van der Waals surface area contributed by atoms with Crippen LogP contribution in [0.2, 0.25) is 0 Å². The minimum absolute atomic E-state index is 0.513. The van der Waals surface area contributed by atoms with Crippen molar-refractivity contribution >= 4 is 18.0 Å². The Balaban J connectivity index is 1.82. The van der Waals surface area contributed by atoms with Gasteiger partial charge in [0.05, 0.1) is 12.5 Å². The molecule has 1 aliphatic heterocycles. The average molecular weight is 235 g/mol. The number of nitrogens with zero attached hydrogens (tertiary/aromatic N) is 2. The van der Waals surface area contributed by atoms with E-state index in [2.05, 4.69) is 10.5 Å². The van der Waals surface area contributed by atoms with Gasteiger partial charge in [0.15, 0.2) is 0 Å². The highest BCUT2D eigenvalue weighted by Crippen LogP contribution is 2.07. The second-order valence-electron chi connectivity index (χ2n) is 3.71. The van der Waals surface area contributed by atoms with E-state index in [1.54, 1.807) is 12.1 Å². The number of hydrogen-bond acceptors (Lipinski definition) is 4. The summed E-state index contributed by atoms with van der Waals surface area (Å²) >= 11 is 0. The fourth-order valence-electron chi connectivity index (χ4n) is 1.63. The second-order valence-corrected chi connectivity index (χ2v) is 3.71. The summed E-state index contributed by atoms with van der Waals surface area (Å²) in [6.07, 6.45) is 4.75. The van der Waals surface area contributed by atoms with Gasteiger partial charge in [0.25, 0.3) is 0 Å². The minimum atomic E-state index is -0.713. The van der Waals surface area contributed by atoms with Crippen LogP contribution in [0.3, 0.4) is 0 Å². The predicted octanol–water partition coefficient (Wildman–Crippen LogP) is 0.352. The van der Waals surface area contributed by atoms with E-state index in [-0.39, 0.29) is 0 Å². The molecule has 0 unspecified atom stereocenters. The Hall–Kier alpha value is -2.11. The number of amides is 2. The summed E-state index contributed by atoms with van der Waals surface area (Å²) in [5.74, 6) is -0.729. The summed E-state index contributed by atoms with van der Waals surface area (Å²) in [5, 5.41) is 3.64. The van der Waals surface area contributed by atoms with Crippen molar-refractivity contribution < 1.29 is 14.0 Å². The van der Waals surface area contributed by atoms with Gasteiger partial charge in [0, 0.05) is 13.1 Å². The summed E-state index contributed by atoms with van der Waals surface area (Å²) < 4.78 is 4.98. The van der Waals surface area contributed by atoms with Crippen molar-refractivity contribution in [2.75, 3.05) is 13.1 Å². The fraction of sp³-hybridized carbons (Fsp3) is 0.364. The fourth-order valence-corrected chi connectivity index (χ4v) is 1.63. The molecule has 90 valence electrons. The van der Waals surface area contributed by atoms with E-state index in [0.29, 0.717) is 18.8 Å². The Kier molecular flexibility index (Phi) is 3.54. The number of furan rings is 1. The number of carbonyl (C=O) groups is 2. The summed E-state index contributed by atoms with van der Waals surface area (Å²) in [5.41, 5.74) is 2.18. The Bertz CT molecular complexity index is 419. The number of rotatable bonds is 2. The number of hydrogen-bond donors (Lipinski definition) is 1. The van der Waals surface area contributed by atoms with Gasteiger partial charge in [-0.2, -0.15) is 5.10 Å². The maximum Gasteiger partial charge on any atom is 0.329 e. The number of hydrazone groups is 1. The zero-order chi connectivity index (χ0) is 12.1. The molecule has 1 aromatic rings. The Labute approximate surface area is 98.3 Å². The van der Waals surface area contributed by atoms with Crippen LogP contribution in [-0.2, 0) is 9.59 Å². The van der Waals surface area contributed by atoms with E-state index in [1.165, 1.54) is 17.4 Å². The molecule has 1 aromatic heterocycles. The smallest absolute Gasteiger partial charge is 0.329 e. The molecular weight excluding hydrogens is 222 g/mol. The molecule has 6 heteroatoms. The topological polar surface area (TPSA) is 74.9 Å². The molecule has 0 saturated carbocycles. The molecule has 0 aromatic carbocycles. The Morgan fingerprint density at radius 3 is 2.82 bits per heavy atom. The van der Waals surface area contributed by atoms with Gasteiger partial charge in [-0.15, -0.1) is 0 Å². The first-order valence-electron chi connectivity index (χ1n) is 5.43. The van der Waals surface area contributed by atoms with Crippen molar-refractivity contribution in [3.05, 3.63) is 24.2 Å². The van der Waals surface area contributed by atoms with Crippen molar-refractivity contribution in [3.8, 4) is 0 Å². The lowest BCUT2D eigenvalue weighted by Gasteiger charge is -2.12. The van der Waals surface area contributed by atoms with Gasteiger partial charge in [-0.25, -0.2) is 5.43 Å². The van der Waals surface area contributed by atoms with Crippen LogP contribution in [0.1, 0.15) is 18.6 Å². The minimum Gasteiger partial charge on any atom is -0.463 e.